The largest absolute Gasteiger partial charge is 0.491 e. The third-order valence-electron chi connectivity index (χ3n) is 3.68. The number of ether oxygens (including phenoxy) is 2. The number of nitrogens with one attached hydrogen (secondary N) is 1. The molecule has 0 saturated heterocycles. The summed E-state index contributed by atoms with van der Waals surface area (Å²) in [5.74, 6) is 1.14. The molecule has 1 aromatic carbocycles. The molecule has 0 amide bonds. The van der Waals surface area contributed by atoms with E-state index in [2.05, 4.69) is 5.32 Å². The van der Waals surface area contributed by atoms with Crippen molar-refractivity contribution in [2.24, 2.45) is 11.7 Å². The topological polar surface area (TPSA) is 90.7 Å². The molecule has 0 fully saturated rings. The minimum Gasteiger partial charge on any atom is -0.491 e. The Morgan fingerprint density at radius 3 is 1.71 bits per heavy atom. The number of nitrogens with two attached hydrogens (primary N) is 1. The molecular weight excluding hydrogens is 356 g/mol. The highest BCUT2D eigenvalue weighted by atomic mass is 16.5. The van der Waals surface area contributed by atoms with Gasteiger partial charge in [0.15, 0.2) is 0 Å². The van der Waals surface area contributed by atoms with Gasteiger partial charge in [0.2, 0.25) is 0 Å². The zero-order valence-electron chi connectivity index (χ0n) is 18.8. The molecule has 0 aromatic heterocycles. The fourth-order valence-corrected chi connectivity index (χ4v) is 1.61. The standard InChI is InChI=1S/C13H19NO2.C5H11NO.C4H10O/c1-10(2)16-13-6-4-11(5-7-13)8-12(9-15)14-3;1-4(2)5(6)3-7;1-4(2)5-3/h4-7,9-10,12,14H,8H2,1-3H3;3-5H,6H2,1-2H3;4H,1-3H3. The summed E-state index contributed by atoms with van der Waals surface area (Å²) in [6.07, 6.45) is 2.98. The number of rotatable bonds is 9. The van der Waals surface area contributed by atoms with Crippen molar-refractivity contribution in [3.8, 4) is 5.75 Å². The number of carbonyl (C=O) groups is 2. The number of aldehydes is 2. The van der Waals surface area contributed by atoms with Crippen LogP contribution in [0.2, 0.25) is 0 Å². The molecule has 0 saturated carbocycles. The van der Waals surface area contributed by atoms with E-state index in [0.29, 0.717) is 12.5 Å². The van der Waals surface area contributed by atoms with Gasteiger partial charge in [0.25, 0.3) is 0 Å². The Morgan fingerprint density at radius 1 is 0.964 bits per heavy atom. The normalized spacial score (nSPS) is 12.4. The monoisotopic (exact) mass is 396 g/mol. The lowest BCUT2D eigenvalue weighted by Gasteiger charge is -2.11. The van der Waals surface area contributed by atoms with Crippen LogP contribution in [0.1, 0.15) is 47.1 Å². The Kier molecular flexibility index (Phi) is 17.6. The van der Waals surface area contributed by atoms with Crippen LogP contribution in [0.4, 0.5) is 0 Å². The van der Waals surface area contributed by atoms with Gasteiger partial charge in [-0.25, -0.2) is 0 Å². The summed E-state index contributed by atoms with van der Waals surface area (Å²) in [5, 5.41) is 2.95. The van der Waals surface area contributed by atoms with E-state index in [1.165, 1.54) is 0 Å². The van der Waals surface area contributed by atoms with Crippen LogP contribution in [0.3, 0.4) is 0 Å². The maximum absolute atomic E-state index is 10.7. The van der Waals surface area contributed by atoms with E-state index < -0.39 is 0 Å². The quantitative estimate of drug-likeness (QED) is 0.624. The average molecular weight is 397 g/mol. The highest BCUT2D eigenvalue weighted by Gasteiger charge is 2.05. The predicted molar refractivity (Wildman–Crippen MR) is 116 cm³/mol. The van der Waals surface area contributed by atoms with Gasteiger partial charge in [-0.05, 0) is 64.8 Å². The molecule has 6 nitrogen and oxygen atoms in total. The van der Waals surface area contributed by atoms with Gasteiger partial charge in [0.05, 0.1) is 24.3 Å². The van der Waals surface area contributed by atoms with Crippen LogP contribution in [-0.2, 0) is 20.7 Å². The average Bonchev–Trinajstić information content (AvgIpc) is 2.67. The zero-order valence-corrected chi connectivity index (χ0v) is 18.8. The molecule has 0 aliphatic rings. The molecule has 3 N–H and O–H groups in total. The van der Waals surface area contributed by atoms with E-state index in [-0.39, 0.29) is 24.1 Å². The highest BCUT2D eigenvalue weighted by Crippen LogP contribution is 2.14. The van der Waals surface area contributed by atoms with Crippen LogP contribution in [-0.4, -0.2) is 51.0 Å². The minimum absolute atomic E-state index is 0.114. The number of carbonyl (C=O) groups excluding carboxylic acids is 2. The maximum atomic E-state index is 10.7. The molecule has 0 heterocycles. The Bertz CT molecular complexity index is 502. The number of benzene rings is 1. The van der Waals surface area contributed by atoms with Crippen LogP contribution in [0.25, 0.3) is 0 Å². The molecule has 1 aromatic rings. The molecule has 1 rings (SSSR count). The van der Waals surface area contributed by atoms with Gasteiger partial charge in [-0.1, -0.05) is 26.0 Å². The second-order valence-electron chi connectivity index (χ2n) is 7.29. The van der Waals surface area contributed by atoms with Crippen molar-refractivity contribution in [2.75, 3.05) is 14.2 Å². The van der Waals surface area contributed by atoms with Crippen LogP contribution in [0, 0.1) is 5.92 Å². The van der Waals surface area contributed by atoms with Crippen LogP contribution in [0.5, 0.6) is 5.75 Å². The fraction of sp³-hybridized carbons (Fsp3) is 0.636. The molecule has 2 unspecified atom stereocenters. The van der Waals surface area contributed by atoms with Gasteiger partial charge in [0.1, 0.15) is 18.3 Å². The molecule has 0 aliphatic heterocycles. The van der Waals surface area contributed by atoms with Crippen molar-refractivity contribution < 1.29 is 19.1 Å². The van der Waals surface area contributed by atoms with E-state index in [9.17, 15) is 9.59 Å². The summed E-state index contributed by atoms with van der Waals surface area (Å²) in [4.78, 5) is 20.5. The lowest BCUT2D eigenvalue weighted by molar-refractivity contribution is -0.110. The zero-order chi connectivity index (χ0) is 22.1. The number of hydrogen-bond acceptors (Lipinski definition) is 6. The van der Waals surface area contributed by atoms with Crippen molar-refractivity contribution in [1.29, 1.82) is 0 Å². The number of hydrogen-bond donors (Lipinski definition) is 2. The van der Waals surface area contributed by atoms with E-state index in [4.69, 9.17) is 15.2 Å². The van der Waals surface area contributed by atoms with E-state index in [1.54, 1.807) is 14.2 Å². The van der Waals surface area contributed by atoms with Gasteiger partial charge >= 0.3 is 0 Å². The van der Waals surface area contributed by atoms with Crippen molar-refractivity contribution in [3.05, 3.63) is 29.8 Å². The van der Waals surface area contributed by atoms with Crippen molar-refractivity contribution in [2.45, 2.75) is 72.3 Å². The summed E-state index contributed by atoms with van der Waals surface area (Å²) >= 11 is 0. The second-order valence-corrected chi connectivity index (χ2v) is 7.29. The predicted octanol–water partition coefficient (Wildman–Crippen LogP) is 3.01. The van der Waals surface area contributed by atoms with Gasteiger partial charge in [-0.3, -0.25) is 0 Å². The highest BCUT2D eigenvalue weighted by molar-refractivity contribution is 5.58. The smallest absolute Gasteiger partial charge is 0.137 e. The molecule has 0 spiro atoms. The molecule has 2 atom stereocenters. The summed E-state index contributed by atoms with van der Waals surface area (Å²) in [6.45, 7) is 11.8. The number of likely N-dealkylation sites (N-methyl/N-ethyl adjacent to an activating group) is 1. The summed E-state index contributed by atoms with van der Waals surface area (Å²) in [5.41, 5.74) is 6.38. The van der Waals surface area contributed by atoms with E-state index in [0.717, 1.165) is 23.9 Å². The first-order chi connectivity index (χ1) is 13.1. The molecule has 162 valence electrons. The SMILES string of the molecule is CC(C)C(N)C=O.CNC(C=O)Cc1ccc(OC(C)C)cc1.COC(C)C. The first-order valence-corrected chi connectivity index (χ1v) is 9.72. The molecule has 28 heavy (non-hydrogen) atoms. The van der Waals surface area contributed by atoms with Crippen molar-refractivity contribution >= 4 is 12.6 Å². The summed E-state index contributed by atoms with van der Waals surface area (Å²) < 4.78 is 10.3. The molecule has 0 bridgehead atoms. The van der Waals surface area contributed by atoms with Gasteiger partial charge in [-0.15, -0.1) is 0 Å². The Morgan fingerprint density at radius 2 is 1.46 bits per heavy atom. The van der Waals surface area contributed by atoms with Gasteiger partial charge < -0.3 is 30.1 Å². The van der Waals surface area contributed by atoms with Crippen LogP contribution in [0.15, 0.2) is 24.3 Å². The van der Waals surface area contributed by atoms with E-state index >= 15 is 0 Å². The minimum atomic E-state index is -0.278. The molecular formula is C22H40N2O4. The van der Waals surface area contributed by atoms with Crippen molar-refractivity contribution in [3.63, 3.8) is 0 Å². The first kappa shape index (κ1) is 28.4. The van der Waals surface area contributed by atoms with Crippen molar-refractivity contribution in [1.82, 2.24) is 5.32 Å². The fourth-order valence-electron chi connectivity index (χ4n) is 1.61. The third kappa shape index (κ3) is 16.4. The Labute approximate surface area is 171 Å². The number of methoxy groups -OCH3 is 1. The Balaban J connectivity index is 0. The summed E-state index contributed by atoms with van der Waals surface area (Å²) in [7, 11) is 3.49. The van der Waals surface area contributed by atoms with Crippen LogP contribution >= 0.6 is 0 Å². The lowest BCUT2D eigenvalue weighted by atomic mass is 10.1. The Hall–Kier alpha value is -1.76. The molecule has 0 aliphatic carbocycles. The molecule has 6 heteroatoms. The molecule has 0 radical (unpaired) electrons. The first-order valence-electron chi connectivity index (χ1n) is 9.72. The van der Waals surface area contributed by atoms with Gasteiger partial charge in [-0.2, -0.15) is 0 Å². The van der Waals surface area contributed by atoms with E-state index in [1.807, 2.05) is 65.8 Å². The van der Waals surface area contributed by atoms with Gasteiger partial charge in [0, 0.05) is 7.11 Å². The maximum Gasteiger partial charge on any atom is 0.137 e. The third-order valence-corrected chi connectivity index (χ3v) is 3.68. The van der Waals surface area contributed by atoms with Crippen LogP contribution < -0.4 is 15.8 Å². The lowest BCUT2D eigenvalue weighted by Crippen LogP contribution is -2.28. The summed E-state index contributed by atoms with van der Waals surface area (Å²) in [6, 6.07) is 7.47. The second kappa shape index (κ2) is 17.3.